The molecule has 1 unspecified atom stereocenters. The second-order valence-corrected chi connectivity index (χ2v) is 3.94. The summed E-state index contributed by atoms with van der Waals surface area (Å²) in [5.41, 5.74) is 0.677. The Morgan fingerprint density at radius 2 is 1.83 bits per heavy atom. The Morgan fingerprint density at radius 3 is 2.44 bits per heavy atom. The molecule has 0 heterocycles. The summed E-state index contributed by atoms with van der Waals surface area (Å²) in [6.07, 6.45) is 0.526. The molecular formula is C14H18O4. The average Bonchev–Trinajstić information content (AvgIpc) is 2.39. The summed E-state index contributed by atoms with van der Waals surface area (Å²) >= 11 is 0. The van der Waals surface area contributed by atoms with Crippen LogP contribution in [0.5, 0.6) is 0 Å². The predicted octanol–water partition coefficient (Wildman–Crippen LogP) is 2.58. The van der Waals surface area contributed by atoms with Crippen LogP contribution < -0.4 is 0 Å². The Kier molecular flexibility index (Phi) is 6.08. The van der Waals surface area contributed by atoms with Crippen LogP contribution in [0.2, 0.25) is 0 Å². The van der Waals surface area contributed by atoms with Gasteiger partial charge in [-0.2, -0.15) is 0 Å². The molecule has 4 nitrogen and oxygen atoms in total. The fraction of sp³-hybridized carbons (Fsp3) is 0.429. The number of carbonyl (C=O) groups excluding carboxylic acids is 2. The highest BCUT2D eigenvalue weighted by atomic mass is 16.7. The maximum Gasteiger partial charge on any atom is 0.308 e. The molecule has 0 amide bonds. The molecule has 0 aliphatic carbocycles. The van der Waals surface area contributed by atoms with E-state index < -0.39 is 6.29 Å². The van der Waals surface area contributed by atoms with Gasteiger partial charge in [-0.3, -0.25) is 9.59 Å². The third kappa shape index (κ3) is 5.10. The number of carbonyl (C=O) groups is 2. The Morgan fingerprint density at radius 1 is 1.17 bits per heavy atom. The van der Waals surface area contributed by atoms with Gasteiger partial charge in [0, 0.05) is 25.5 Å². The zero-order valence-corrected chi connectivity index (χ0v) is 10.7. The van der Waals surface area contributed by atoms with E-state index in [1.54, 1.807) is 19.1 Å². The van der Waals surface area contributed by atoms with Gasteiger partial charge in [0.05, 0.1) is 0 Å². The minimum Gasteiger partial charge on any atom is -0.436 e. The Balaban J connectivity index is 2.26. The van der Waals surface area contributed by atoms with Crippen LogP contribution in [0.25, 0.3) is 0 Å². The molecule has 0 radical (unpaired) electrons. The third-order valence-corrected chi connectivity index (χ3v) is 2.51. The molecule has 4 heteroatoms. The number of ether oxygens (including phenoxy) is 2. The smallest absolute Gasteiger partial charge is 0.308 e. The van der Waals surface area contributed by atoms with Crippen molar-refractivity contribution in [2.75, 3.05) is 7.11 Å². The van der Waals surface area contributed by atoms with Crippen molar-refractivity contribution in [2.45, 2.75) is 32.5 Å². The minimum absolute atomic E-state index is 0.0446. The second-order valence-electron chi connectivity index (χ2n) is 3.94. The van der Waals surface area contributed by atoms with Crippen molar-refractivity contribution in [3.05, 3.63) is 35.9 Å². The van der Waals surface area contributed by atoms with Crippen molar-refractivity contribution in [3.8, 4) is 0 Å². The molecule has 0 aliphatic heterocycles. The summed E-state index contributed by atoms with van der Waals surface area (Å²) in [6, 6.07) is 9.05. The van der Waals surface area contributed by atoms with Gasteiger partial charge in [-0.1, -0.05) is 30.3 Å². The number of ketones is 1. The first kappa shape index (κ1) is 14.4. The van der Waals surface area contributed by atoms with Crippen LogP contribution in [0.3, 0.4) is 0 Å². The number of benzene rings is 1. The molecular weight excluding hydrogens is 232 g/mol. The van der Waals surface area contributed by atoms with Gasteiger partial charge in [-0.05, 0) is 13.3 Å². The Bertz CT molecular complexity index is 386. The highest BCUT2D eigenvalue weighted by Crippen LogP contribution is 2.07. The van der Waals surface area contributed by atoms with Gasteiger partial charge in [0.15, 0.2) is 12.1 Å². The number of hydrogen-bond donors (Lipinski definition) is 0. The largest absolute Gasteiger partial charge is 0.436 e. The van der Waals surface area contributed by atoms with Crippen LogP contribution in [-0.4, -0.2) is 25.2 Å². The average molecular weight is 250 g/mol. The Labute approximate surface area is 107 Å². The minimum atomic E-state index is -0.540. The van der Waals surface area contributed by atoms with Crippen LogP contribution in [0.15, 0.2) is 30.3 Å². The fourth-order valence-corrected chi connectivity index (χ4v) is 1.45. The molecule has 1 aromatic carbocycles. The molecule has 98 valence electrons. The standard InChI is InChI=1S/C14H18O4/c1-11(17-2)18-14(16)10-6-9-13(15)12-7-4-3-5-8-12/h3-5,7-8,11H,6,9-10H2,1-2H3. The molecule has 0 aliphatic rings. The normalized spacial score (nSPS) is 11.9. The third-order valence-electron chi connectivity index (χ3n) is 2.51. The number of methoxy groups -OCH3 is 1. The van der Waals surface area contributed by atoms with Crippen LogP contribution >= 0.6 is 0 Å². The number of hydrogen-bond acceptors (Lipinski definition) is 4. The summed E-state index contributed by atoms with van der Waals surface area (Å²) in [6.45, 7) is 1.65. The lowest BCUT2D eigenvalue weighted by Gasteiger charge is -2.10. The van der Waals surface area contributed by atoms with E-state index in [4.69, 9.17) is 9.47 Å². The van der Waals surface area contributed by atoms with Crippen molar-refractivity contribution in [1.82, 2.24) is 0 Å². The highest BCUT2D eigenvalue weighted by Gasteiger charge is 2.10. The monoisotopic (exact) mass is 250 g/mol. The Hall–Kier alpha value is -1.68. The summed E-state index contributed by atoms with van der Waals surface area (Å²) < 4.78 is 9.72. The molecule has 0 fully saturated rings. The van der Waals surface area contributed by atoms with E-state index in [-0.39, 0.29) is 18.2 Å². The van der Waals surface area contributed by atoms with Crippen molar-refractivity contribution < 1.29 is 19.1 Å². The molecule has 0 N–H and O–H groups in total. The van der Waals surface area contributed by atoms with E-state index >= 15 is 0 Å². The lowest BCUT2D eigenvalue weighted by atomic mass is 10.1. The molecule has 18 heavy (non-hydrogen) atoms. The van der Waals surface area contributed by atoms with Gasteiger partial charge in [0.25, 0.3) is 0 Å². The van der Waals surface area contributed by atoms with Crippen molar-refractivity contribution in [2.24, 2.45) is 0 Å². The van der Waals surface area contributed by atoms with Crippen LogP contribution in [0.1, 0.15) is 36.5 Å². The lowest BCUT2D eigenvalue weighted by Crippen LogP contribution is -2.16. The first-order valence-corrected chi connectivity index (χ1v) is 5.94. The number of esters is 1. The second kappa shape index (κ2) is 7.61. The van der Waals surface area contributed by atoms with Crippen molar-refractivity contribution in [1.29, 1.82) is 0 Å². The molecule has 0 saturated carbocycles. The van der Waals surface area contributed by atoms with E-state index in [2.05, 4.69) is 0 Å². The SMILES string of the molecule is COC(C)OC(=O)CCCC(=O)c1ccccc1. The number of Topliss-reactive ketones (excluding diaryl/α,β-unsaturated/α-hetero) is 1. The van der Waals surface area contributed by atoms with E-state index in [0.717, 1.165) is 0 Å². The van der Waals surface area contributed by atoms with Crippen LogP contribution in [0, 0.1) is 0 Å². The zero-order chi connectivity index (χ0) is 13.4. The lowest BCUT2D eigenvalue weighted by molar-refractivity contribution is -0.169. The first-order valence-electron chi connectivity index (χ1n) is 5.94. The van der Waals surface area contributed by atoms with Gasteiger partial charge < -0.3 is 9.47 Å². The van der Waals surface area contributed by atoms with Gasteiger partial charge in [0.2, 0.25) is 0 Å². The molecule has 0 aromatic heterocycles. The van der Waals surface area contributed by atoms with Crippen LogP contribution in [-0.2, 0) is 14.3 Å². The highest BCUT2D eigenvalue weighted by molar-refractivity contribution is 5.96. The van der Waals surface area contributed by atoms with E-state index in [1.165, 1.54) is 7.11 Å². The molecule has 1 rings (SSSR count). The zero-order valence-electron chi connectivity index (χ0n) is 10.7. The maximum absolute atomic E-state index is 11.7. The first-order chi connectivity index (χ1) is 8.63. The summed E-state index contributed by atoms with van der Waals surface area (Å²) in [5.74, 6) is -0.298. The molecule has 0 spiro atoms. The van der Waals surface area contributed by atoms with Crippen LogP contribution in [0.4, 0.5) is 0 Å². The molecule has 1 aromatic rings. The topological polar surface area (TPSA) is 52.6 Å². The van der Waals surface area contributed by atoms with Gasteiger partial charge in [-0.25, -0.2) is 0 Å². The maximum atomic E-state index is 11.7. The fourth-order valence-electron chi connectivity index (χ4n) is 1.45. The van der Waals surface area contributed by atoms with E-state index in [1.807, 2.05) is 18.2 Å². The van der Waals surface area contributed by atoms with Gasteiger partial charge >= 0.3 is 5.97 Å². The summed E-state index contributed by atoms with van der Waals surface area (Å²) in [7, 11) is 1.47. The predicted molar refractivity (Wildman–Crippen MR) is 67.2 cm³/mol. The summed E-state index contributed by atoms with van der Waals surface area (Å²) in [4.78, 5) is 23.0. The number of rotatable bonds is 7. The van der Waals surface area contributed by atoms with E-state index in [0.29, 0.717) is 18.4 Å². The summed E-state index contributed by atoms with van der Waals surface area (Å²) in [5, 5.41) is 0. The van der Waals surface area contributed by atoms with Gasteiger partial charge in [-0.15, -0.1) is 0 Å². The quantitative estimate of drug-likeness (QED) is 0.424. The van der Waals surface area contributed by atoms with Crippen molar-refractivity contribution in [3.63, 3.8) is 0 Å². The van der Waals surface area contributed by atoms with Crippen molar-refractivity contribution >= 4 is 11.8 Å². The molecule has 0 saturated heterocycles. The molecule has 1 atom stereocenters. The molecule has 0 bridgehead atoms. The van der Waals surface area contributed by atoms with Gasteiger partial charge in [0.1, 0.15) is 0 Å². The van der Waals surface area contributed by atoms with E-state index in [9.17, 15) is 9.59 Å².